The molecule has 9 heteroatoms. The zero-order valence-corrected chi connectivity index (χ0v) is 18.2. The minimum Gasteiger partial charge on any atom is -0.452 e. The van der Waals surface area contributed by atoms with E-state index in [1.165, 1.54) is 22.5 Å². The molecule has 1 amide bonds. The van der Waals surface area contributed by atoms with Gasteiger partial charge in [-0.3, -0.25) is 4.79 Å². The number of rotatable bonds is 5. The molecule has 28 heavy (non-hydrogen) atoms. The SMILES string of the molecule is C[C@H]1CCCN(S(=O)(=O)c2cc(C(=O)OCC(=O)NC(C)(C)C)ccc2Cl)C1. The highest BCUT2D eigenvalue weighted by Gasteiger charge is 2.31. The minimum absolute atomic E-state index is 0.0246. The summed E-state index contributed by atoms with van der Waals surface area (Å²) in [6.45, 7) is 7.81. The Bertz CT molecular complexity index is 848. The highest BCUT2D eigenvalue weighted by Crippen LogP contribution is 2.29. The van der Waals surface area contributed by atoms with Crippen molar-refractivity contribution in [3.8, 4) is 0 Å². The number of hydrogen-bond acceptors (Lipinski definition) is 5. The Morgan fingerprint density at radius 1 is 1.32 bits per heavy atom. The molecule has 1 aliphatic rings. The molecular formula is C19H27ClN2O5S. The van der Waals surface area contributed by atoms with Crippen molar-refractivity contribution in [2.24, 2.45) is 5.92 Å². The smallest absolute Gasteiger partial charge is 0.338 e. The van der Waals surface area contributed by atoms with E-state index in [9.17, 15) is 18.0 Å². The Morgan fingerprint density at radius 3 is 2.61 bits per heavy atom. The summed E-state index contributed by atoms with van der Waals surface area (Å²) in [6, 6.07) is 3.94. The second kappa shape index (κ2) is 8.80. The number of hydrogen-bond donors (Lipinski definition) is 1. The average Bonchev–Trinajstić information content (AvgIpc) is 2.58. The number of halogens is 1. The number of ether oxygens (including phenoxy) is 1. The van der Waals surface area contributed by atoms with Crippen LogP contribution >= 0.6 is 11.6 Å². The maximum absolute atomic E-state index is 13.0. The first kappa shape index (κ1) is 22.6. The first-order valence-corrected chi connectivity index (χ1v) is 11.0. The number of piperidine rings is 1. The molecule has 7 nitrogen and oxygen atoms in total. The highest BCUT2D eigenvalue weighted by atomic mass is 35.5. The lowest BCUT2D eigenvalue weighted by Crippen LogP contribution is -2.42. The third kappa shape index (κ3) is 5.93. The van der Waals surface area contributed by atoms with Gasteiger partial charge < -0.3 is 10.1 Å². The van der Waals surface area contributed by atoms with Crippen LogP contribution in [0.4, 0.5) is 0 Å². The van der Waals surface area contributed by atoms with Gasteiger partial charge >= 0.3 is 5.97 Å². The van der Waals surface area contributed by atoms with Crippen molar-refractivity contribution >= 4 is 33.5 Å². The van der Waals surface area contributed by atoms with Crippen LogP contribution < -0.4 is 5.32 Å². The van der Waals surface area contributed by atoms with E-state index in [1.807, 2.05) is 27.7 Å². The van der Waals surface area contributed by atoms with Crippen molar-refractivity contribution in [1.82, 2.24) is 9.62 Å². The zero-order chi connectivity index (χ0) is 21.1. The molecule has 1 heterocycles. The Kier molecular flexibility index (Phi) is 7.12. The molecule has 1 N–H and O–H groups in total. The van der Waals surface area contributed by atoms with Crippen LogP contribution in [-0.4, -0.2) is 49.8 Å². The number of carbonyl (C=O) groups excluding carboxylic acids is 2. The largest absolute Gasteiger partial charge is 0.452 e. The zero-order valence-electron chi connectivity index (χ0n) is 16.6. The summed E-state index contributed by atoms with van der Waals surface area (Å²) in [5.41, 5.74) is -0.423. The molecule has 0 radical (unpaired) electrons. The van der Waals surface area contributed by atoms with Crippen molar-refractivity contribution in [3.63, 3.8) is 0 Å². The van der Waals surface area contributed by atoms with Gasteiger partial charge in [0, 0.05) is 18.6 Å². The van der Waals surface area contributed by atoms with Crippen LogP contribution in [0.1, 0.15) is 50.9 Å². The van der Waals surface area contributed by atoms with Gasteiger partial charge in [0.25, 0.3) is 5.91 Å². The Labute approximate surface area is 171 Å². The van der Waals surface area contributed by atoms with Crippen molar-refractivity contribution < 1.29 is 22.7 Å². The van der Waals surface area contributed by atoms with Crippen LogP contribution in [0.25, 0.3) is 0 Å². The highest BCUT2D eigenvalue weighted by molar-refractivity contribution is 7.89. The van der Waals surface area contributed by atoms with Gasteiger partial charge in [0.1, 0.15) is 4.90 Å². The van der Waals surface area contributed by atoms with Crippen molar-refractivity contribution in [2.75, 3.05) is 19.7 Å². The van der Waals surface area contributed by atoms with Crippen molar-refractivity contribution in [3.05, 3.63) is 28.8 Å². The molecule has 1 fully saturated rings. The van der Waals surface area contributed by atoms with E-state index >= 15 is 0 Å². The Hall–Kier alpha value is -1.64. The lowest BCUT2D eigenvalue weighted by atomic mass is 10.0. The number of esters is 1. The summed E-state index contributed by atoms with van der Waals surface area (Å²) >= 11 is 6.12. The average molecular weight is 431 g/mol. The Balaban J connectivity index is 2.16. The van der Waals surface area contributed by atoms with Gasteiger partial charge in [0.15, 0.2) is 6.61 Å². The fourth-order valence-corrected chi connectivity index (χ4v) is 5.10. The molecule has 156 valence electrons. The number of amides is 1. The van der Waals surface area contributed by atoms with Crippen molar-refractivity contribution in [1.29, 1.82) is 0 Å². The van der Waals surface area contributed by atoms with Crippen molar-refractivity contribution in [2.45, 2.75) is 51.0 Å². The summed E-state index contributed by atoms with van der Waals surface area (Å²) < 4.78 is 32.4. The number of carbonyl (C=O) groups is 2. The predicted octanol–water partition coefficient (Wildman–Crippen LogP) is 2.83. The third-order valence-corrected chi connectivity index (χ3v) is 6.60. The summed E-state index contributed by atoms with van der Waals surface area (Å²) in [7, 11) is -3.82. The predicted molar refractivity (Wildman–Crippen MR) is 107 cm³/mol. The van der Waals surface area contributed by atoms with E-state index in [4.69, 9.17) is 16.3 Å². The molecule has 0 bridgehead atoms. The molecule has 0 spiro atoms. The number of nitrogens with one attached hydrogen (secondary N) is 1. The van der Waals surface area contributed by atoms with E-state index in [0.717, 1.165) is 12.8 Å². The molecule has 1 saturated heterocycles. The molecule has 0 saturated carbocycles. The van der Waals surface area contributed by atoms with Crippen LogP contribution in [0, 0.1) is 5.92 Å². The lowest BCUT2D eigenvalue weighted by Gasteiger charge is -2.30. The van der Waals surface area contributed by atoms with Gasteiger partial charge in [-0.2, -0.15) is 4.31 Å². The van der Waals surface area contributed by atoms with Crippen LogP contribution in [0.5, 0.6) is 0 Å². The van der Waals surface area contributed by atoms with Crippen LogP contribution in [0.15, 0.2) is 23.1 Å². The van der Waals surface area contributed by atoms with Crippen LogP contribution in [-0.2, 0) is 19.6 Å². The lowest BCUT2D eigenvalue weighted by molar-refractivity contribution is -0.125. The van der Waals surface area contributed by atoms with E-state index in [0.29, 0.717) is 13.1 Å². The number of benzene rings is 1. The van der Waals surface area contributed by atoms with E-state index in [1.54, 1.807) is 0 Å². The first-order chi connectivity index (χ1) is 12.9. The van der Waals surface area contributed by atoms with Gasteiger partial charge in [-0.15, -0.1) is 0 Å². The quantitative estimate of drug-likeness (QED) is 0.725. The van der Waals surface area contributed by atoms with E-state index < -0.39 is 34.0 Å². The summed E-state index contributed by atoms with van der Waals surface area (Å²) in [5, 5.41) is 2.72. The standard InChI is InChI=1S/C19H27ClN2O5S/c1-13-6-5-9-22(11-13)28(25,26)16-10-14(7-8-15(16)20)18(24)27-12-17(23)21-19(2,3)4/h7-8,10,13H,5-6,9,11-12H2,1-4H3,(H,21,23)/t13-/m0/s1. The molecule has 1 atom stereocenters. The summed E-state index contributed by atoms with van der Waals surface area (Å²) in [5.74, 6) is -0.967. The van der Waals surface area contributed by atoms with E-state index in [2.05, 4.69) is 5.32 Å². The normalized spacial score (nSPS) is 18.5. The van der Waals surface area contributed by atoms with Gasteiger partial charge in [-0.25, -0.2) is 13.2 Å². The van der Waals surface area contributed by atoms with Gasteiger partial charge in [0.05, 0.1) is 10.6 Å². The monoisotopic (exact) mass is 430 g/mol. The topological polar surface area (TPSA) is 92.8 Å². The second-order valence-corrected chi connectivity index (χ2v) is 10.4. The maximum Gasteiger partial charge on any atom is 0.338 e. The molecule has 1 aliphatic heterocycles. The van der Waals surface area contributed by atoms with E-state index in [-0.39, 0.29) is 21.4 Å². The molecule has 1 aromatic rings. The molecular weight excluding hydrogens is 404 g/mol. The molecule has 2 rings (SSSR count). The fourth-order valence-electron chi connectivity index (χ4n) is 3.00. The second-order valence-electron chi connectivity index (χ2n) is 8.13. The van der Waals surface area contributed by atoms with Crippen LogP contribution in [0.2, 0.25) is 5.02 Å². The maximum atomic E-state index is 13.0. The molecule has 0 aliphatic carbocycles. The molecule has 0 aromatic heterocycles. The summed E-state index contributed by atoms with van der Waals surface area (Å²) in [6.07, 6.45) is 1.76. The molecule has 1 aromatic carbocycles. The van der Waals surface area contributed by atoms with Gasteiger partial charge in [-0.05, 0) is 57.7 Å². The first-order valence-electron chi connectivity index (χ1n) is 9.18. The number of sulfonamides is 1. The fraction of sp³-hybridized carbons (Fsp3) is 0.579. The van der Waals surface area contributed by atoms with Crippen LogP contribution in [0.3, 0.4) is 0 Å². The number of nitrogens with zero attached hydrogens (tertiary/aromatic N) is 1. The minimum atomic E-state index is -3.82. The third-order valence-electron chi connectivity index (χ3n) is 4.25. The summed E-state index contributed by atoms with van der Waals surface area (Å²) in [4.78, 5) is 24.0. The van der Waals surface area contributed by atoms with Gasteiger partial charge in [-0.1, -0.05) is 18.5 Å². The Morgan fingerprint density at radius 2 is 2.00 bits per heavy atom. The van der Waals surface area contributed by atoms with Gasteiger partial charge in [0.2, 0.25) is 10.0 Å². The molecule has 0 unspecified atom stereocenters.